The zero-order chi connectivity index (χ0) is 12.5. The highest BCUT2D eigenvalue weighted by molar-refractivity contribution is 9.10. The van der Waals surface area contributed by atoms with Gasteiger partial charge in [0.2, 0.25) is 0 Å². The number of aromatic nitrogens is 2. The van der Waals surface area contributed by atoms with E-state index >= 15 is 0 Å². The summed E-state index contributed by atoms with van der Waals surface area (Å²) in [6.45, 7) is 0. The zero-order valence-electron chi connectivity index (χ0n) is 10.1. The summed E-state index contributed by atoms with van der Waals surface area (Å²) in [6, 6.07) is 5.89. The van der Waals surface area contributed by atoms with Crippen LogP contribution in [0.1, 0.15) is 54.3 Å². The SMILES string of the molecule is O=Cc1nc(C2CCCCC2)n2c(Br)cccc12. The van der Waals surface area contributed by atoms with Crippen LogP contribution in [0.15, 0.2) is 22.8 Å². The number of carbonyl (C=O) groups is 1. The molecule has 0 spiro atoms. The van der Waals surface area contributed by atoms with Gasteiger partial charge in [0.15, 0.2) is 6.29 Å². The first-order valence-electron chi connectivity index (χ1n) is 6.43. The molecule has 0 radical (unpaired) electrons. The Morgan fingerprint density at radius 3 is 2.78 bits per heavy atom. The summed E-state index contributed by atoms with van der Waals surface area (Å²) in [6.07, 6.45) is 7.06. The molecule has 0 amide bonds. The van der Waals surface area contributed by atoms with E-state index in [1.54, 1.807) is 0 Å². The molecule has 4 heteroatoms. The van der Waals surface area contributed by atoms with Crippen molar-refractivity contribution in [1.82, 2.24) is 9.38 Å². The zero-order valence-corrected chi connectivity index (χ0v) is 11.7. The first-order valence-corrected chi connectivity index (χ1v) is 7.22. The van der Waals surface area contributed by atoms with Gasteiger partial charge in [-0.05, 0) is 40.9 Å². The molecular formula is C14H15BrN2O. The lowest BCUT2D eigenvalue weighted by Gasteiger charge is -2.20. The van der Waals surface area contributed by atoms with Crippen LogP contribution >= 0.6 is 15.9 Å². The van der Waals surface area contributed by atoms with E-state index < -0.39 is 0 Å². The maximum Gasteiger partial charge on any atom is 0.170 e. The van der Waals surface area contributed by atoms with E-state index in [4.69, 9.17) is 0 Å². The number of pyridine rings is 1. The van der Waals surface area contributed by atoms with Crippen molar-refractivity contribution in [2.24, 2.45) is 0 Å². The molecule has 0 unspecified atom stereocenters. The Labute approximate surface area is 114 Å². The van der Waals surface area contributed by atoms with Crippen molar-refractivity contribution in [2.45, 2.75) is 38.0 Å². The fourth-order valence-electron chi connectivity index (χ4n) is 2.87. The Balaban J connectivity index is 2.18. The predicted octanol–water partition coefficient (Wildman–Crippen LogP) is 3.96. The number of rotatable bonds is 2. The first-order chi connectivity index (χ1) is 8.81. The molecule has 1 fully saturated rings. The van der Waals surface area contributed by atoms with Gasteiger partial charge in [-0.15, -0.1) is 0 Å². The van der Waals surface area contributed by atoms with Gasteiger partial charge in [-0.2, -0.15) is 0 Å². The lowest BCUT2D eigenvalue weighted by atomic mass is 9.89. The molecule has 0 saturated heterocycles. The molecule has 2 aromatic rings. The Morgan fingerprint density at radius 2 is 2.06 bits per heavy atom. The molecule has 3 nitrogen and oxygen atoms in total. The normalized spacial score (nSPS) is 17.2. The van der Waals surface area contributed by atoms with Gasteiger partial charge in [0, 0.05) is 5.92 Å². The van der Waals surface area contributed by atoms with Gasteiger partial charge in [-0.25, -0.2) is 4.98 Å². The molecule has 0 bridgehead atoms. The van der Waals surface area contributed by atoms with Crippen molar-refractivity contribution in [3.8, 4) is 0 Å². The van der Waals surface area contributed by atoms with E-state index in [1.807, 2.05) is 18.2 Å². The molecule has 0 aliphatic heterocycles. The van der Waals surface area contributed by atoms with E-state index in [0.717, 1.165) is 22.2 Å². The van der Waals surface area contributed by atoms with Crippen LogP contribution in [0.4, 0.5) is 0 Å². The van der Waals surface area contributed by atoms with Crippen molar-refractivity contribution >= 4 is 27.7 Å². The second kappa shape index (κ2) is 4.84. The third-order valence-electron chi connectivity index (χ3n) is 3.75. The topological polar surface area (TPSA) is 34.4 Å². The lowest BCUT2D eigenvalue weighted by Crippen LogP contribution is -2.09. The van der Waals surface area contributed by atoms with Gasteiger partial charge in [0.05, 0.1) is 10.1 Å². The van der Waals surface area contributed by atoms with E-state index in [-0.39, 0.29) is 0 Å². The van der Waals surface area contributed by atoms with Crippen LogP contribution in [-0.4, -0.2) is 15.7 Å². The largest absolute Gasteiger partial charge is 0.296 e. The molecule has 2 aromatic heterocycles. The molecule has 0 atom stereocenters. The van der Waals surface area contributed by atoms with Crippen LogP contribution in [0.2, 0.25) is 0 Å². The van der Waals surface area contributed by atoms with E-state index in [9.17, 15) is 4.79 Å². The van der Waals surface area contributed by atoms with Crippen molar-refractivity contribution in [1.29, 1.82) is 0 Å². The molecule has 18 heavy (non-hydrogen) atoms. The number of imidazole rings is 1. The lowest BCUT2D eigenvalue weighted by molar-refractivity contribution is 0.112. The minimum Gasteiger partial charge on any atom is -0.296 e. The monoisotopic (exact) mass is 306 g/mol. The Hall–Kier alpha value is -1.16. The quantitative estimate of drug-likeness (QED) is 0.622. The molecule has 0 aromatic carbocycles. The van der Waals surface area contributed by atoms with Gasteiger partial charge in [0.1, 0.15) is 11.5 Å². The average Bonchev–Trinajstić information content (AvgIpc) is 2.80. The summed E-state index contributed by atoms with van der Waals surface area (Å²) in [4.78, 5) is 15.7. The molecule has 94 valence electrons. The number of fused-ring (bicyclic) bond motifs is 1. The van der Waals surface area contributed by atoms with E-state index in [2.05, 4.69) is 25.3 Å². The van der Waals surface area contributed by atoms with Crippen LogP contribution < -0.4 is 0 Å². The molecule has 1 aliphatic carbocycles. The van der Waals surface area contributed by atoms with Gasteiger partial charge < -0.3 is 0 Å². The summed E-state index contributed by atoms with van der Waals surface area (Å²) < 4.78 is 3.06. The van der Waals surface area contributed by atoms with Crippen LogP contribution in [0, 0.1) is 0 Å². The second-order valence-electron chi connectivity index (χ2n) is 4.88. The maximum absolute atomic E-state index is 11.1. The van der Waals surface area contributed by atoms with Crippen LogP contribution in [-0.2, 0) is 0 Å². The number of nitrogens with zero attached hydrogens (tertiary/aromatic N) is 2. The predicted molar refractivity (Wildman–Crippen MR) is 74.1 cm³/mol. The average molecular weight is 307 g/mol. The Bertz CT molecular complexity index is 585. The van der Waals surface area contributed by atoms with Crippen LogP contribution in [0.25, 0.3) is 5.52 Å². The number of hydrogen-bond acceptors (Lipinski definition) is 2. The fraction of sp³-hybridized carbons (Fsp3) is 0.429. The highest BCUT2D eigenvalue weighted by Gasteiger charge is 2.22. The van der Waals surface area contributed by atoms with Gasteiger partial charge in [0.25, 0.3) is 0 Å². The van der Waals surface area contributed by atoms with Gasteiger partial charge in [-0.3, -0.25) is 9.20 Å². The third kappa shape index (κ3) is 1.88. The molecule has 3 rings (SSSR count). The van der Waals surface area contributed by atoms with Gasteiger partial charge in [-0.1, -0.05) is 25.3 Å². The highest BCUT2D eigenvalue weighted by atomic mass is 79.9. The smallest absolute Gasteiger partial charge is 0.170 e. The standard InChI is InChI=1S/C14H15BrN2O/c15-13-8-4-7-12-11(9-18)16-14(17(12)13)10-5-2-1-3-6-10/h4,7-10H,1-3,5-6H2. The molecule has 1 saturated carbocycles. The van der Waals surface area contributed by atoms with E-state index in [1.165, 1.54) is 32.1 Å². The minimum absolute atomic E-state index is 0.485. The summed E-state index contributed by atoms with van der Waals surface area (Å²) in [7, 11) is 0. The maximum atomic E-state index is 11.1. The first kappa shape index (κ1) is 11.9. The second-order valence-corrected chi connectivity index (χ2v) is 5.69. The van der Waals surface area contributed by atoms with Crippen molar-refractivity contribution in [2.75, 3.05) is 0 Å². The number of hydrogen-bond donors (Lipinski definition) is 0. The summed E-state index contributed by atoms with van der Waals surface area (Å²) in [5.74, 6) is 1.53. The fourth-order valence-corrected chi connectivity index (χ4v) is 3.39. The van der Waals surface area contributed by atoms with Crippen molar-refractivity contribution in [3.63, 3.8) is 0 Å². The van der Waals surface area contributed by atoms with Crippen LogP contribution in [0.5, 0.6) is 0 Å². The van der Waals surface area contributed by atoms with Crippen molar-refractivity contribution < 1.29 is 4.79 Å². The highest BCUT2D eigenvalue weighted by Crippen LogP contribution is 2.34. The van der Waals surface area contributed by atoms with Gasteiger partial charge >= 0.3 is 0 Å². The Kier molecular flexibility index (Phi) is 3.20. The summed E-state index contributed by atoms with van der Waals surface area (Å²) in [5, 5.41) is 0. The molecular weight excluding hydrogens is 292 g/mol. The Morgan fingerprint density at radius 1 is 1.28 bits per heavy atom. The number of aldehydes is 1. The molecule has 0 N–H and O–H groups in total. The molecule has 2 heterocycles. The summed E-state index contributed by atoms with van der Waals surface area (Å²) >= 11 is 3.56. The number of carbonyl (C=O) groups excluding carboxylic acids is 1. The number of halogens is 1. The molecule has 1 aliphatic rings. The third-order valence-corrected chi connectivity index (χ3v) is 4.37. The van der Waals surface area contributed by atoms with Crippen LogP contribution in [0.3, 0.4) is 0 Å². The minimum atomic E-state index is 0.485. The van der Waals surface area contributed by atoms with Crippen molar-refractivity contribution in [3.05, 3.63) is 34.3 Å². The van der Waals surface area contributed by atoms with E-state index in [0.29, 0.717) is 11.6 Å². The summed E-state index contributed by atoms with van der Waals surface area (Å²) in [5.41, 5.74) is 1.46.